The molecule has 0 bridgehead atoms. The second-order valence-electron chi connectivity index (χ2n) is 6.40. The zero-order chi connectivity index (χ0) is 15.9. The fraction of sp³-hybridized carbons (Fsp3) is 0.667. The molecule has 0 amide bonds. The number of aryl methyl sites for hydroxylation is 1. The van der Waals surface area contributed by atoms with E-state index in [1.165, 1.54) is 5.57 Å². The first kappa shape index (κ1) is 17.3. The van der Waals surface area contributed by atoms with Gasteiger partial charge < -0.3 is 9.52 Å². The van der Waals surface area contributed by atoms with Gasteiger partial charge in [0.05, 0.1) is 6.54 Å². The van der Waals surface area contributed by atoms with Gasteiger partial charge in [-0.1, -0.05) is 18.6 Å². The van der Waals surface area contributed by atoms with Crippen molar-refractivity contribution < 1.29 is 9.52 Å². The Kier molecular flexibility index (Phi) is 6.68. The van der Waals surface area contributed by atoms with Crippen molar-refractivity contribution in [2.24, 2.45) is 0 Å². The van der Waals surface area contributed by atoms with Gasteiger partial charge in [0.25, 0.3) is 0 Å². The van der Waals surface area contributed by atoms with E-state index in [1.54, 1.807) is 0 Å². The fourth-order valence-corrected chi connectivity index (χ4v) is 2.98. The smallest absolute Gasteiger partial charge is 0.118 e. The Hall–Kier alpha value is -1.10. The minimum absolute atomic E-state index is 0.255. The van der Waals surface area contributed by atoms with E-state index in [9.17, 15) is 5.11 Å². The number of aliphatic hydroxyl groups excluding tert-OH is 1. The third-order valence-corrected chi connectivity index (χ3v) is 4.33. The molecular formula is C18H30N2O2. The van der Waals surface area contributed by atoms with Gasteiger partial charge in [-0.05, 0) is 32.4 Å². The Labute approximate surface area is 134 Å². The molecule has 2 heterocycles. The van der Waals surface area contributed by atoms with Crippen LogP contribution in [-0.4, -0.2) is 53.7 Å². The molecule has 4 heteroatoms. The summed E-state index contributed by atoms with van der Waals surface area (Å²) < 4.78 is 5.82. The molecule has 1 fully saturated rings. The molecule has 0 radical (unpaired) electrons. The molecule has 1 unspecified atom stereocenters. The van der Waals surface area contributed by atoms with Crippen LogP contribution in [0.3, 0.4) is 0 Å². The molecule has 1 aromatic rings. The number of nitrogens with zero attached hydrogens (tertiary/aromatic N) is 2. The zero-order valence-corrected chi connectivity index (χ0v) is 14.2. The van der Waals surface area contributed by atoms with E-state index in [4.69, 9.17) is 4.42 Å². The lowest BCUT2D eigenvalue weighted by atomic mass is 10.1. The van der Waals surface area contributed by atoms with Crippen molar-refractivity contribution in [2.75, 3.05) is 32.8 Å². The van der Waals surface area contributed by atoms with E-state index in [1.807, 2.05) is 0 Å². The number of hydrogen-bond acceptors (Lipinski definition) is 4. The molecule has 0 aromatic carbocycles. The number of rotatable bonds is 7. The summed E-state index contributed by atoms with van der Waals surface area (Å²) in [5, 5.41) is 9.35. The first-order chi connectivity index (χ1) is 10.6. The van der Waals surface area contributed by atoms with Gasteiger partial charge in [0.1, 0.15) is 11.5 Å². The van der Waals surface area contributed by atoms with Gasteiger partial charge >= 0.3 is 0 Å². The van der Waals surface area contributed by atoms with Crippen molar-refractivity contribution in [1.82, 2.24) is 9.80 Å². The monoisotopic (exact) mass is 306 g/mol. The largest absolute Gasteiger partial charge is 0.465 e. The first-order valence-corrected chi connectivity index (χ1v) is 8.40. The van der Waals surface area contributed by atoms with Crippen molar-refractivity contribution >= 4 is 0 Å². The summed E-state index contributed by atoms with van der Waals surface area (Å²) in [6.07, 6.45) is 4.06. The summed E-state index contributed by atoms with van der Waals surface area (Å²) >= 11 is 0. The molecule has 0 saturated carbocycles. The van der Waals surface area contributed by atoms with Crippen LogP contribution in [0, 0.1) is 0 Å². The van der Waals surface area contributed by atoms with Crippen LogP contribution in [-0.2, 0) is 13.0 Å². The fourth-order valence-electron chi connectivity index (χ4n) is 2.98. The molecular weight excluding hydrogens is 276 g/mol. The van der Waals surface area contributed by atoms with E-state index in [0.717, 1.165) is 57.1 Å². The van der Waals surface area contributed by atoms with Gasteiger partial charge in [0.15, 0.2) is 0 Å². The van der Waals surface area contributed by atoms with Gasteiger partial charge in [-0.15, -0.1) is 0 Å². The average Bonchev–Trinajstić information content (AvgIpc) is 2.94. The van der Waals surface area contributed by atoms with Crippen LogP contribution in [0.25, 0.3) is 0 Å². The molecule has 0 spiro atoms. The molecule has 4 nitrogen and oxygen atoms in total. The average molecular weight is 306 g/mol. The number of hydrogen-bond donors (Lipinski definition) is 1. The molecule has 1 saturated heterocycles. The van der Waals surface area contributed by atoms with Gasteiger partial charge in [-0.25, -0.2) is 0 Å². The standard InChI is InChI=1S/C18H30N2O2/c1-4-17-5-6-18(22-17)14-19-10-11-20(9-7-15(2)3)16(13-19)8-12-21/h5-7,16,21H,4,8-14H2,1-3H3. The highest BCUT2D eigenvalue weighted by Crippen LogP contribution is 2.17. The number of aliphatic hydroxyl groups is 1. The predicted molar refractivity (Wildman–Crippen MR) is 89.9 cm³/mol. The molecule has 0 aliphatic carbocycles. The zero-order valence-electron chi connectivity index (χ0n) is 14.2. The third kappa shape index (κ3) is 4.97. The Balaban J connectivity index is 1.92. The van der Waals surface area contributed by atoms with Gasteiger partial charge in [-0.3, -0.25) is 9.80 Å². The summed E-state index contributed by atoms with van der Waals surface area (Å²) in [6, 6.07) is 4.59. The Morgan fingerprint density at radius 3 is 2.73 bits per heavy atom. The Morgan fingerprint density at radius 2 is 2.09 bits per heavy atom. The predicted octanol–water partition coefficient (Wildman–Crippen LogP) is 2.68. The van der Waals surface area contributed by atoms with Crippen LogP contribution in [0.5, 0.6) is 0 Å². The van der Waals surface area contributed by atoms with Crippen LogP contribution >= 0.6 is 0 Å². The lowest BCUT2D eigenvalue weighted by molar-refractivity contribution is 0.0599. The van der Waals surface area contributed by atoms with Crippen LogP contribution in [0.2, 0.25) is 0 Å². The highest BCUT2D eigenvalue weighted by Gasteiger charge is 2.26. The van der Waals surface area contributed by atoms with Crippen molar-refractivity contribution in [3.63, 3.8) is 0 Å². The summed E-state index contributed by atoms with van der Waals surface area (Å²) in [7, 11) is 0. The van der Waals surface area contributed by atoms with Gasteiger partial charge in [0.2, 0.25) is 0 Å². The maximum absolute atomic E-state index is 9.35. The number of piperazine rings is 1. The molecule has 22 heavy (non-hydrogen) atoms. The van der Waals surface area contributed by atoms with Crippen LogP contribution in [0.4, 0.5) is 0 Å². The molecule has 1 aliphatic rings. The topological polar surface area (TPSA) is 39.9 Å². The summed E-state index contributed by atoms with van der Waals surface area (Å²) in [6.45, 7) is 11.6. The summed E-state index contributed by atoms with van der Waals surface area (Å²) in [5.41, 5.74) is 1.35. The molecule has 1 aliphatic heterocycles. The third-order valence-electron chi connectivity index (χ3n) is 4.33. The maximum Gasteiger partial charge on any atom is 0.118 e. The van der Waals surface area contributed by atoms with E-state index in [0.29, 0.717) is 6.04 Å². The second-order valence-corrected chi connectivity index (χ2v) is 6.40. The van der Waals surface area contributed by atoms with Gasteiger partial charge in [0, 0.05) is 45.2 Å². The van der Waals surface area contributed by atoms with Crippen molar-refractivity contribution in [3.05, 3.63) is 35.3 Å². The highest BCUT2D eigenvalue weighted by molar-refractivity contribution is 5.07. The lowest BCUT2D eigenvalue weighted by Crippen LogP contribution is -2.53. The van der Waals surface area contributed by atoms with Crippen molar-refractivity contribution in [2.45, 2.75) is 46.2 Å². The Morgan fingerprint density at radius 1 is 1.32 bits per heavy atom. The molecule has 1 atom stereocenters. The summed E-state index contributed by atoms with van der Waals surface area (Å²) in [4.78, 5) is 4.93. The van der Waals surface area contributed by atoms with Crippen LogP contribution < -0.4 is 0 Å². The molecule has 2 rings (SSSR count). The first-order valence-electron chi connectivity index (χ1n) is 8.40. The van der Waals surface area contributed by atoms with E-state index in [-0.39, 0.29) is 6.61 Å². The highest BCUT2D eigenvalue weighted by atomic mass is 16.3. The normalized spacial score (nSPS) is 20.3. The van der Waals surface area contributed by atoms with Crippen molar-refractivity contribution in [3.8, 4) is 0 Å². The van der Waals surface area contributed by atoms with E-state index < -0.39 is 0 Å². The molecule has 1 aromatic heterocycles. The van der Waals surface area contributed by atoms with E-state index in [2.05, 4.69) is 48.8 Å². The van der Waals surface area contributed by atoms with Crippen LogP contribution in [0.1, 0.15) is 38.7 Å². The minimum Gasteiger partial charge on any atom is -0.465 e. The minimum atomic E-state index is 0.255. The Bertz CT molecular complexity index is 477. The molecule has 124 valence electrons. The number of furan rings is 1. The summed E-state index contributed by atoms with van der Waals surface area (Å²) in [5.74, 6) is 2.11. The van der Waals surface area contributed by atoms with Crippen LogP contribution in [0.15, 0.2) is 28.2 Å². The number of allylic oxidation sites excluding steroid dienone is 1. The quantitative estimate of drug-likeness (QED) is 0.786. The van der Waals surface area contributed by atoms with Gasteiger partial charge in [-0.2, -0.15) is 0 Å². The van der Waals surface area contributed by atoms with E-state index >= 15 is 0 Å². The molecule has 1 N–H and O–H groups in total. The van der Waals surface area contributed by atoms with Crippen molar-refractivity contribution in [1.29, 1.82) is 0 Å². The second kappa shape index (κ2) is 8.51. The lowest BCUT2D eigenvalue weighted by Gasteiger charge is -2.40. The maximum atomic E-state index is 9.35. The SMILES string of the molecule is CCc1ccc(CN2CCN(CC=C(C)C)C(CCO)C2)o1.